The third-order valence-electron chi connectivity index (χ3n) is 3.25. The lowest BCUT2D eigenvalue weighted by Gasteiger charge is -1.97. The Balaban J connectivity index is 1.78. The molecule has 0 spiro atoms. The van der Waals surface area contributed by atoms with Crippen LogP contribution >= 0.6 is 11.8 Å². The second kappa shape index (κ2) is 5.68. The van der Waals surface area contributed by atoms with Gasteiger partial charge in [-0.3, -0.25) is 0 Å². The Kier molecular flexibility index (Phi) is 3.72. The summed E-state index contributed by atoms with van der Waals surface area (Å²) in [5, 5.41) is 11.5. The van der Waals surface area contributed by atoms with Crippen molar-refractivity contribution in [2.75, 3.05) is 7.11 Å². The van der Waals surface area contributed by atoms with E-state index in [-0.39, 0.29) is 5.82 Å². The lowest BCUT2D eigenvalue weighted by Crippen LogP contribution is -2.00. The van der Waals surface area contributed by atoms with Gasteiger partial charge in [0.05, 0.1) is 30.9 Å². The van der Waals surface area contributed by atoms with Crippen LogP contribution in [0.5, 0.6) is 5.75 Å². The summed E-state index contributed by atoms with van der Waals surface area (Å²) in [6.45, 7) is 0. The van der Waals surface area contributed by atoms with E-state index in [0.29, 0.717) is 11.6 Å². The molecule has 8 nitrogen and oxygen atoms in total. The molecule has 0 atom stereocenters. The Bertz CT molecular complexity index is 841. The first-order valence-corrected chi connectivity index (χ1v) is 7.38. The molecule has 3 rings (SSSR count). The number of nitrogens with one attached hydrogen (secondary N) is 1. The number of nitro groups is 1. The maximum Gasteiger partial charge on any atom is 0.342 e. The van der Waals surface area contributed by atoms with Gasteiger partial charge in [0, 0.05) is 6.07 Å². The van der Waals surface area contributed by atoms with Crippen LogP contribution in [-0.2, 0) is 12.8 Å². The second-order valence-electron chi connectivity index (χ2n) is 4.56. The summed E-state index contributed by atoms with van der Waals surface area (Å²) in [6, 6.07) is 5.60. The molecular weight excluding hydrogens is 306 g/mol. The van der Waals surface area contributed by atoms with Gasteiger partial charge >= 0.3 is 5.82 Å². The molecule has 1 aromatic carbocycles. The highest BCUT2D eigenvalue weighted by molar-refractivity contribution is 7.98. The molecule has 0 amide bonds. The van der Waals surface area contributed by atoms with Gasteiger partial charge in [0.2, 0.25) is 5.82 Å². The van der Waals surface area contributed by atoms with Gasteiger partial charge in [-0.25, -0.2) is 14.5 Å². The van der Waals surface area contributed by atoms with E-state index in [1.165, 1.54) is 22.5 Å². The number of hydrogen-bond donors (Lipinski definition) is 1. The van der Waals surface area contributed by atoms with E-state index in [1.807, 2.05) is 18.2 Å². The number of benzene rings is 1. The van der Waals surface area contributed by atoms with E-state index in [1.54, 1.807) is 14.2 Å². The molecule has 114 valence electrons. The molecule has 0 saturated carbocycles. The highest BCUT2D eigenvalue weighted by Crippen LogP contribution is 2.25. The van der Waals surface area contributed by atoms with Crippen molar-refractivity contribution in [3.8, 4) is 5.75 Å². The molecular formula is C13H13N5O3S. The van der Waals surface area contributed by atoms with Crippen LogP contribution in [0.2, 0.25) is 0 Å². The van der Waals surface area contributed by atoms with Crippen molar-refractivity contribution in [2.24, 2.45) is 7.05 Å². The number of methoxy groups -OCH3 is 1. The summed E-state index contributed by atoms with van der Waals surface area (Å²) in [4.78, 5) is 22.1. The Hall–Kier alpha value is -2.55. The van der Waals surface area contributed by atoms with Crippen molar-refractivity contribution in [3.63, 3.8) is 0 Å². The monoisotopic (exact) mass is 319 g/mol. The molecule has 0 bridgehead atoms. The Labute approximate surface area is 129 Å². The number of thioether (sulfide) groups is 1. The number of aromatic amines is 1. The van der Waals surface area contributed by atoms with Crippen LogP contribution in [0.3, 0.4) is 0 Å². The van der Waals surface area contributed by atoms with E-state index in [4.69, 9.17) is 4.74 Å². The van der Waals surface area contributed by atoms with Crippen molar-refractivity contribution in [2.45, 2.75) is 10.9 Å². The van der Waals surface area contributed by atoms with Gasteiger partial charge in [-0.1, -0.05) is 11.8 Å². The van der Waals surface area contributed by atoms with Crippen molar-refractivity contribution in [1.29, 1.82) is 0 Å². The van der Waals surface area contributed by atoms with E-state index in [0.717, 1.165) is 21.9 Å². The molecule has 0 aliphatic heterocycles. The van der Waals surface area contributed by atoms with Gasteiger partial charge in [0.1, 0.15) is 11.9 Å². The van der Waals surface area contributed by atoms with Gasteiger partial charge in [-0.2, -0.15) is 0 Å². The van der Waals surface area contributed by atoms with Gasteiger partial charge < -0.3 is 19.8 Å². The van der Waals surface area contributed by atoms with E-state index in [2.05, 4.69) is 15.0 Å². The summed E-state index contributed by atoms with van der Waals surface area (Å²) < 4.78 is 6.64. The van der Waals surface area contributed by atoms with Crippen LogP contribution in [0.25, 0.3) is 11.0 Å². The van der Waals surface area contributed by atoms with Gasteiger partial charge in [-0.05, 0) is 17.1 Å². The quantitative estimate of drug-likeness (QED) is 0.441. The first kappa shape index (κ1) is 14.4. The number of aromatic nitrogens is 4. The van der Waals surface area contributed by atoms with E-state index in [9.17, 15) is 10.1 Å². The second-order valence-corrected chi connectivity index (χ2v) is 5.53. The van der Waals surface area contributed by atoms with Crippen LogP contribution in [0, 0.1) is 10.1 Å². The lowest BCUT2D eigenvalue weighted by atomic mass is 10.3. The average Bonchev–Trinajstić information content (AvgIpc) is 3.07. The molecule has 2 aromatic heterocycles. The van der Waals surface area contributed by atoms with Crippen molar-refractivity contribution >= 4 is 28.6 Å². The average molecular weight is 319 g/mol. The molecule has 0 unspecified atom stereocenters. The minimum absolute atomic E-state index is 0.0232. The number of H-pyrrole nitrogens is 1. The highest BCUT2D eigenvalue weighted by Gasteiger charge is 2.17. The molecule has 0 aliphatic rings. The SMILES string of the molecule is COc1ccc2nc(SCc3ncc([N+](=O)[O-])n3C)[nH]c2c1. The Morgan fingerprint density at radius 2 is 2.32 bits per heavy atom. The third kappa shape index (κ3) is 2.62. The van der Waals surface area contributed by atoms with Crippen LogP contribution in [-0.4, -0.2) is 31.6 Å². The van der Waals surface area contributed by atoms with Crippen LogP contribution in [0.4, 0.5) is 5.82 Å². The molecule has 22 heavy (non-hydrogen) atoms. The fraction of sp³-hybridized carbons (Fsp3) is 0.231. The lowest BCUT2D eigenvalue weighted by molar-refractivity contribution is -0.391. The molecule has 0 saturated heterocycles. The zero-order chi connectivity index (χ0) is 15.7. The van der Waals surface area contributed by atoms with E-state index >= 15 is 0 Å². The maximum absolute atomic E-state index is 10.8. The standard InChI is InChI=1S/C13H13N5O3S/c1-17-11(14-6-12(17)18(19)20)7-22-13-15-9-4-3-8(21-2)5-10(9)16-13/h3-6H,7H2,1-2H3,(H,15,16). The van der Waals surface area contributed by atoms with Crippen LogP contribution < -0.4 is 4.74 Å². The normalized spacial score (nSPS) is 11.0. The minimum Gasteiger partial charge on any atom is -0.497 e. The summed E-state index contributed by atoms with van der Waals surface area (Å²) >= 11 is 1.44. The largest absolute Gasteiger partial charge is 0.497 e. The summed E-state index contributed by atoms with van der Waals surface area (Å²) in [6.07, 6.45) is 1.26. The topological polar surface area (TPSA) is 98.9 Å². The van der Waals surface area contributed by atoms with E-state index < -0.39 is 4.92 Å². The smallest absolute Gasteiger partial charge is 0.342 e. The Morgan fingerprint density at radius 1 is 1.50 bits per heavy atom. The maximum atomic E-state index is 10.8. The predicted molar refractivity (Wildman–Crippen MR) is 82.1 cm³/mol. The fourth-order valence-corrected chi connectivity index (χ4v) is 2.91. The fourth-order valence-electron chi connectivity index (χ4n) is 2.03. The first-order chi connectivity index (χ1) is 10.6. The first-order valence-electron chi connectivity index (χ1n) is 6.40. The van der Waals surface area contributed by atoms with Gasteiger partial charge in [0.25, 0.3) is 0 Å². The number of imidazole rings is 2. The number of nitrogens with zero attached hydrogens (tertiary/aromatic N) is 4. The molecule has 2 heterocycles. The minimum atomic E-state index is -0.450. The molecule has 0 fully saturated rings. The zero-order valence-electron chi connectivity index (χ0n) is 11.9. The summed E-state index contributed by atoms with van der Waals surface area (Å²) in [7, 11) is 3.24. The molecule has 9 heteroatoms. The molecule has 0 radical (unpaired) electrons. The molecule has 0 aliphatic carbocycles. The summed E-state index contributed by atoms with van der Waals surface area (Å²) in [5.41, 5.74) is 1.72. The van der Waals surface area contributed by atoms with Crippen LogP contribution in [0.1, 0.15) is 5.82 Å². The molecule has 3 aromatic rings. The third-order valence-corrected chi connectivity index (χ3v) is 4.12. The van der Waals surface area contributed by atoms with Crippen molar-refractivity contribution < 1.29 is 9.66 Å². The number of rotatable bonds is 5. The van der Waals surface area contributed by atoms with Gasteiger partial charge in [-0.15, -0.1) is 0 Å². The van der Waals surface area contributed by atoms with Crippen molar-refractivity contribution in [1.82, 2.24) is 19.5 Å². The molecule has 1 N–H and O–H groups in total. The summed E-state index contributed by atoms with van der Waals surface area (Å²) in [5.74, 6) is 1.84. The van der Waals surface area contributed by atoms with Gasteiger partial charge in [0.15, 0.2) is 5.16 Å². The number of fused-ring (bicyclic) bond motifs is 1. The number of ether oxygens (including phenoxy) is 1. The Morgan fingerprint density at radius 3 is 3.00 bits per heavy atom. The highest BCUT2D eigenvalue weighted by atomic mass is 32.2. The number of hydrogen-bond acceptors (Lipinski definition) is 6. The van der Waals surface area contributed by atoms with Crippen molar-refractivity contribution in [3.05, 3.63) is 40.3 Å². The van der Waals surface area contributed by atoms with Crippen LogP contribution in [0.15, 0.2) is 29.6 Å². The predicted octanol–water partition coefficient (Wildman–Crippen LogP) is 2.51. The zero-order valence-corrected chi connectivity index (χ0v) is 12.8.